The number of rotatable bonds is 1. The summed E-state index contributed by atoms with van der Waals surface area (Å²) < 4.78 is 12.7. The van der Waals surface area contributed by atoms with Crippen LogP contribution in [0.3, 0.4) is 0 Å². The molecule has 2 heteroatoms. The second-order valence-corrected chi connectivity index (χ2v) is 3.39. The summed E-state index contributed by atoms with van der Waals surface area (Å²) in [5, 5.41) is 3.21. The van der Waals surface area contributed by atoms with Gasteiger partial charge in [0.1, 0.15) is 5.82 Å². The molecule has 0 radical (unpaired) electrons. The molecular weight excluding hydrogens is 177 g/mol. The van der Waals surface area contributed by atoms with Crippen LogP contribution in [0.2, 0.25) is 0 Å². The molecule has 72 valence electrons. The van der Waals surface area contributed by atoms with Crippen LogP contribution in [-0.4, -0.2) is 13.1 Å². The maximum Gasteiger partial charge on any atom is 0.123 e. The van der Waals surface area contributed by atoms with E-state index in [0.717, 1.165) is 25.1 Å². The van der Waals surface area contributed by atoms with Crippen molar-refractivity contribution in [3.05, 3.63) is 35.6 Å². The van der Waals surface area contributed by atoms with E-state index in [-0.39, 0.29) is 11.7 Å². The molecule has 0 aromatic heterocycles. The second-order valence-electron chi connectivity index (χ2n) is 3.39. The summed E-state index contributed by atoms with van der Waals surface area (Å²) in [7, 11) is 0. The smallest absolute Gasteiger partial charge is 0.123 e. The molecule has 1 aliphatic rings. The van der Waals surface area contributed by atoms with Crippen molar-refractivity contribution in [1.29, 1.82) is 0 Å². The van der Waals surface area contributed by atoms with E-state index in [4.69, 9.17) is 0 Å². The third kappa shape index (κ3) is 2.12. The Morgan fingerprint density at radius 2 is 2.07 bits per heavy atom. The Bertz CT molecular complexity index is 358. The molecule has 0 bridgehead atoms. The molecule has 0 spiro atoms. The average molecular weight is 189 g/mol. The van der Waals surface area contributed by atoms with E-state index in [1.165, 1.54) is 12.1 Å². The highest BCUT2D eigenvalue weighted by Crippen LogP contribution is 2.19. The monoisotopic (exact) mass is 189 g/mol. The Kier molecular flexibility index (Phi) is 2.81. The lowest BCUT2D eigenvalue weighted by Gasteiger charge is -2.08. The molecule has 0 aliphatic carbocycles. The van der Waals surface area contributed by atoms with Crippen molar-refractivity contribution >= 4 is 0 Å². The van der Waals surface area contributed by atoms with Gasteiger partial charge in [0.25, 0.3) is 0 Å². The van der Waals surface area contributed by atoms with Crippen LogP contribution >= 0.6 is 0 Å². The van der Waals surface area contributed by atoms with Crippen LogP contribution in [0.5, 0.6) is 0 Å². The van der Waals surface area contributed by atoms with Gasteiger partial charge in [0.15, 0.2) is 0 Å². The van der Waals surface area contributed by atoms with Gasteiger partial charge >= 0.3 is 0 Å². The van der Waals surface area contributed by atoms with Crippen molar-refractivity contribution < 1.29 is 4.39 Å². The second kappa shape index (κ2) is 4.26. The largest absolute Gasteiger partial charge is 0.306 e. The molecule has 1 aliphatic heterocycles. The topological polar surface area (TPSA) is 12.0 Å². The zero-order valence-electron chi connectivity index (χ0n) is 7.89. The number of benzene rings is 1. The van der Waals surface area contributed by atoms with E-state index in [9.17, 15) is 4.39 Å². The van der Waals surface area contributed by atoms with Crippen molar-refractivity contribution in [1.82, 2.24) is 5.32 Å². The van der Waals surface area contributed by atoms with Crippen molar-refractivity contribution in [2.45, 2.75) is 12.3 Å². The molecule has 0 amide bonds. The normalized spacial score (nSPS) is 20.8. The first-order valence-electron chi connectivity index (χ1n) is 4.81. The molecule has 1 N–H and O–H groups in total. The van der Waals surface area contributed by atoms with Crippen molar-refractivity contribution in [2.75, 3.05) is 13.1 Å². The van der Waals surface area contributed by atoms with Gasteiger partial charge in [-0.25, -0.2) is 4.39 Å². The van der Waals surface area contributed by atoms with Gasteiger partial charge in [-0.1, -0.05) is 24.0 Å². The van der Waals surface area contributed by atoms with Crippen LogP contribution in [0.25, 0.3) is 0 Å². The minimum Gasteiger partial charge on any atom is -0.306 e. The Morgan fingerprint density at radius 1 is 1.29 bits per heavy atom. The molecule has 0 saturated carbocycles. The fourth-order valence-corrected chi connectivity index (χ4v) is 1.59. The molecule has 0 fully saturated rings. The summed E-state index contributed by atoms with van der Waals surface area (Å²) in [6.45, 7) is 1.72. The SMILES string of the molecule is Fc1ccc(C2C#CCNCC2)cc1. The number of hydrogen-bond acceptors (Lipinski definition) is 1. The lowest BCUT2D eigenvalue weighted by atomic mass is 9.97. The minimum atomic E-state index is -0.187. The molecule has 1 nitrogen and oxygen atoms in total. The molecule has 1 aromatic rings. The highest BCUT2D eigenvalue weighted by Gasteiger charge is 2.09. The Morgan fingerprint density at radius 3 is 2.86 bits per heavy atom. The highest BCUT2D eigenvalue weighted by molar-refractivity contribution is 5.29. The maximum atomic E-state index is 12.7. The number of nitrogens with one attached hydrogen (secondary N) is 1. The van der Waals surface area contributed by atoms with E-state index in [2.05, 4.69) is 17.2 Å². The highest BCUT2D eigenvalue weighted by atomic mass is 19.1. The lowest BCUT2D eigenvalue weighted by molar-refractivity contribution is 0.625. The summed E-state index contributed by atoms with van der Waals surface area (Å²) in [4.78, 5) is 0. The van der Waals surface area contributed by atoms with Gasteiger partial charge in [-0.3, -0.25) is 0 Å². The summed E-state index contributed by atoms with van der Waals surface area (Å²) >= 11 is 0. The van der Waals surface area contributed by atoms with Crippen LogP contribution in [0, 0.1) is 17.7 Å². The Balaban J connectivity index is 2.19. The Labute approximate surface area is 83.3 Å². The van der Waals surface area contributed by atoms with Crippen LogP contribution < -0.4 is 5.32 Å². The third-order valence-electron chi connectivity index (χ3n) is 2.37. The average Bonchev–Trinajstić information content (AvgIpc) is 2.47. The van der Waals surface area contributed by atoms with E-state index < -0.39 is 0 Å². The van der Waals surface area contributed by atoms with Gasteiger partial charge in [0, 0.05) is 5.92 Å². The van der Waals surface area contributed by atoms with Gasteiger partial charge in [0.2, 0.25) is 0 Å². The van der Waals surface area contributed by atoms with Gasteiger partial charge < -0.3 is 5.32 Å². The molecular formula is C12H12FN. The summed E-state index contributed by atoms with van der Waals surface area (Å²) in [5.41, 5.74) is 1.11. The van der Waals surface area contributed by atoms with E-state index >= 15 is 0 Å². The van der Waals surface area contributed by atoms with Gasteiger partial charge in [-0.2, -0.15) is 0 Å². The predicted octanol–water partition coefficient (Wildman–Crippen LogP) is 1.91. The van der Waals surface area contributed by atoms with E-state index in [1.54, 1.807) is 0 Å². The first-order chi connectivity index (χ1) is 6.86. The third-order valence-corrected chi connectivity index (χ3v) is 2.37. The minimum absolute atomic E-state index is 0.187. The molecule has 14 heavy (non-hydrogen) atoms. The number of halogens is 1. The van der Waals surface area contributed by atoms with Gasteiger partial charge in [-0.05, 0) is 30.7 Å². The molecule has 2 rings (SSSR count). The van der Waals surface area contributed by atoms with Crippen LogP contribution in [0.15, 0.2) is 24.3 Å². The molecule has 0 saturated heterocycles. The van der Waals surface area contributed by atoms with Crippen molar-refractivity contribution in [2.24, 2.45) is 0 Å². The van der Waals surface area contributed by atoms with E-state index in [1.807, 2.05) is 12.1 Å². The van der Waals surface area contributed by atoms with Crippen molar-refractivity contribution in [3.63, 3.8) is 0 Å². The summed E-state index contributed by atoms with van der Waals surface area (Å²) in [5.74, 6) is 6.31. The predicted molar refractivity (Wildman–Crippen MR) is 54.4 cm³/mol. The number of hydrogen-bond donors (Lipinski definition) is 1. The lowest BCUT2D eigenvalue weighted by Crippen LogP contribution is -2.14. The van der Waals surface area contributed by atoms with Crippen LogP contribution in [0.4, 0.5) is 4.39 Å². The standard InChI is InChI=1S/C12H12FN/c13-12-5-3-11(4-6-12)10-2-1-8-14-9-7-10/h3-6,10,14H,7-9H2. The Hall–Kier alpha value is -1.33. The zero-order valence-corrected chi connectivity index (χ0v) is 7.89. The fourth-order valence-electron chi connectivity index (χ4n) is 1.59. The summed E-state index contributed by atoms with van der Waals surface area (Å²) in [6.07, 6.45) is 0.999. The molecule has 1 heterocycles. The van der Waals surface area contributed by atoms with Gasteiger partial charge in [-0.15, -0.1) is 0 Å². The zero-order chi connectivity index (χ0) is 9.80. The quantitative estimate of drug-likeness (QED) is 0.665. The fraction of sp³-hybridized carbons (Fsp3) is 0.333. The van der Waals surface area contributed by atoms with E-state index in [0.29, 0.717) is 0 Å². The summed E-state index contributed by atoms with van der Waals surface area (Å²) in [6, 6.07) is 6.63. The van der Waals surface area contributed by atoms with Gasteiger partial charge in [0.05, 0.1) is 6.54 Å². The molecule has 1 unspecified atom stereocenters. The first-order valence-corrected chi connectivity index (χ1v) is 4.81. The molecule has 1 aromatic carbocycles. The van der Waals surface area contributed by atoms with Crippen LogP contribution in [-0.2, 0) is 0 Å². The van der Waals surface area contributed by atoms with Crippen LogP contribution in [0.1, 0.15) is 17.9 Å². The first kappa shape index (κ1) is 9.23. The molecule has 1 atom stereocenters. The maximum absolute atomic E-state index is 12.7. The van der Waals surface area contributed by atoms with Crippen molar-refractivity contribution in [3.8, 4) is 11.8 Å².